The van der Waals surface area contributed by atoms with Gasteiger partial charge in [-0.1, -0.05) is 31.4 Å². The van der Waals surface area contributed by atoms with E-state index in [4.69, 9.17) is 0 Å². The summed E-state index contributed by atoms with van der Waals surface area (Å²) in [5, 5.41) is 0. The number of rotatable bonds is 2. The summed E-state index contributed by atoms with van der Waals surface area (Å²) in [5.74, 6) is 0.618. The van der Waals surface area contributed by atoms with E-state index in [1.807, 2.05) is 12.1 Å². The van der Waals surface area contributed by atoms with Gasteiger partial charge in [0, 0.05) is 9.13 Å². The van der Waals surface area contributed by atoms with Crippen LogP contribution in [0.1, 0.15) is 53.9 Å². The number of hydrogen-bond acceptors (Lipinski definition) is 1. The summed E-state index contributed by atoms with van der Waals surface area (Å²) in [6, 6.07) is 6.02. The van der Waals surface area contributed by atoms with Crippen molar-refractivity contribution < 1.29 is 4.79 Å². The first-order valence-electron chi connectivity index (χ1n) is 5.56. The van der Waals surface area contributed by atoms with Crippen LogP contribution >= 0.6 is 22.6 Å². The maximum Gasteiger partial charge on any atom is 0.150 e. The minimum absolute atomic E-state index is 0.618. The van der Waals surface area contributed by atoms with Crippen molar-refractivity contribution in [1.82, 2.24) is 0 Å². The average molecular weight is 314 g/mol. The van der Waals surface area contributed by atoms with Gasteiger partial charge in [0.1, 0.15) is 6.29 Å². The number of carbonyl (C=O) groups is 1. The van der Waals surface area contributed by atoms with Gasteiger partial charge in [0.05, 0.1) is 0 Å². The Balaban J connectivity index is 2.35. The second kappa shape index (κ2) is 5.10. The van der Waals surface area contributed by atoms with E-state index in [0.717, 1.165) is 11.8 Å². The van der Waals surface area contributed by atoms with Gasteiger partial charge in [-0.25, -0.2) is 0 Å². The van der Waals surface area contributed by atoms with E-state index < -0.39 is 0 Å². The SMILES string of the molecule is O=Cc1cccc(I)c1C1CCCCC1. The zero-order valence-corrected chi connectivity index (χ0v) is 10.9. The van der Waals surface area contributed by atoms with Gasteiger partial charge in [-0.2, -0.15) is 0 Å². The van der Waals surface area contributed by atoms with Crippen LogP contribution in [0.3, 0.4) is 0 Å². The van der Waals surface area contributed by atoms with Crippen LogP contribution in [0.5, 0.6) is 0 Å². The molecule has 2 rings (SSSR count). The van der Waals surface area contributed by atoms with E-state index in [9.17, 15) is 4.79 Å². The second-order valence-corrected chi connectivity index (χ2v) is 5.36. The monoisotopic (exact) mass is 314 g/mol. The summed E-state index contributed by atoms with van der Waals surface area (Å²) in [7, 11) is 0. The summed E-state index contributed by atoms with van der Waals surface area (Å²) >= 11 is 2.35. The molecule has 15 heavy (non-hydrogen) atoms. The predicted molar refractivity (Wildman–Crippen MR) is 70.4 cm³/mol. The van der Waals surface area contributed by atoms with Crippen molar-refractivity contribution in [2.75, 3.05) is 0 Å². The molecule has 0 aromatic heterocycles. The molecular formula is C13H15IO. The fourth-order valence-electron chi connectivity index (χ4n) is 2.48. The molecule has 1 nitrogen and oxygen atoms in total. The third-order valence-corrected chi connectivity index (χ3v) is 4.17. The minimum Gasteiger partial charge on any atom is -0.298 e. The van der Waals surface area contributed by atoms with Crippen molar-refractivity contribution in [1.29, 1.82) is 0 Å². The van der Waals surface area contributed by atoms with E-state index >= 15 is 0 Å². The molecule has 0 radical (unpaired) electrons. The molecule has 0 N–H and O–H groups in total. The van der Waals surface area contributed by atoms with E-state index in [0.29, 0.717) is 5.92 Å². The van der Waals surface area contributed by atoms with E-state index in [1.165, 1.54) is 41.2 Å². The number of carbonyl (C=O) groups excluding carboxylic acids is 1. The highest BCUT2D eigenvalue weighted by Gasteiger charge is 2.20. The highest BCUT2D eigenvalue weighted by molar-refractivity contribution is 14.1. The Morgan fingerprint density at radius 3 is 2.60 bits per heavy atom. The van der Waals surface area contributed by atoms with Crippen LogP contribution < -0.4 is 0 Å². The molecule has 2 heteroatoms. The largest absolute Gasteiger partial charge is 0.298 e. The lowest BCUT2D eigenvalue weighted by Crippen LogP contribution is -2.09. The Bertz CT molecular complexity index is 354. The summed E-state index contributed by atoms with van der Waals surface area (Å²) in [6.07, 6.45) is 7.49. The van der Waals surface area contributed by atoms with Gasteiger partial charge in [0.2, 0.25) is 0 Å². The Labute approximate surface area is 104 Å². The van der Waals surface area contributed by atoms with Gasteiger partial charge >= 0.3 is 0 Å². The standard InChI is InChI=1S/C13H15IO/c14-12-8-4-7-11(9-15)13(12)10-5-2-1-3-6-10/h4,7-10H,1-3,5-6H2. The van der Waals surface area contributed by atoms with Gasteiger partial charge in [0.25, 0.3) is 0 Å². The van der Waals surface area contributed by atoms with Gasteiger partial charge in [-0.3, -0.25) is 4.79 Å². The molecule has 0 heterocycles. The Morgan fingerprint density at radius 2 is 1.93 bits per heavy atom. The lowest BCUT2D eigenvalue weighted by atomic mass is 9.82. The maximum atomic E-state index is 11.0. The Hall–Kier alpha value is -0.380. The van der Waals surface area contributed by atoms with Crippen molar-refractivity contribution in [3.63, 3.8) is 0 Å². The van der Waals surface area contributed by atoms with Crippen molar-refractivity contribution in [3.8, 4) is 0 Å². The zero-order chi connectivity index (χ0) is 10.7. The molecule has 1 saturated carbocycles. The highest BCUT2D eigenvalue weighted by atomic mass is 127. The van der Waals surface area contributed by atoms with Gasteiger partial charge in [0.15, 0.2) is 0 Å². The van der Waals surface area contributed by atoms with Crippen LogP contribution in [-0.4, -0.2) is 6.29 Å². The number of halogens is 1. The third kappa shape index (κ3) is 2.41. The van der Waals surface area contributed by atoms with E-state index in [2.05, 4.69) is 28.7 Å². The van der Waals surface area contributed by atoms with E-state index in [-0.39, 0.29) is 0 Å². The van der Waals surface area contributed by atoms with Crippen LogP contribution in [0.4, 0.5) is 0 Å². The quantitative estimate of drug-likeness (QED) is 0.592. The smallest absolute Gasteiger partial charge is 0.150 e. The molecule has 0 amide bonds. The van der Waals surface area contributed by atoms with Crippen LogP contribution in [0.2, 0.25) is 0 Å². The molecular weight excluding hydrogens is 299 g/mol. The average Bonchev–Trinajstić information content (AvgIpc) is 2.29. The van der Waals surface area contributed by atoms with Crippen LogP contribution in [0.15, 0.2) is 18.2 Å². The zero-order valence-electron chi connectivity index (χ0n) is 8.71. The third-order valence-electron chi connectivity index (χ3n) is 3.23. The van der Waals surface area contributed by atoms with Crippen LogP contribution in [0.25, 0.3) is 0 Å². The lowest BCUT2D eigenvalue weighted by molar-refractivity contribution is 0.112. The number of aldehydes is 1. The molecule has 0 unspecified atom stereocenters. The molecule has 1 aliphatic carbocycles. The lowest BCUT2D eigenvalue weighted by Gasteiger charge is -2.24. The second-order valence-electron chi connectivity index (χ2n) is 4.20. The van der Waals surface area contributed by atoms with E-state index in [1.54, 1.807) is 0 Å². The Morgan fingerprint density at radius 1 is 1.20 bits per heavy atom. The normalized spacial score (nSPS) is 17.7. The van der Waals surface area contributed by atoms with Crippen LogP contribution in [-0.2, 0) is 0 Å². The first-order valence-corrected chi connectivity index (χ1v) is 6.64. The molecule has 0 aliphatic heterocycles. The first kappa shape index (κ1) is 11.1. The molecule has 1 aromatic rings. The first-order chi connectivity index (χ1) is 7.33. The van der Waals surface area contributed by atoms with Crippen LogP contribution in [0, 0.1) is 3.57 Å². The fraction of sp³-hybridized carbons (Fsp3) is 0.462. The molecule has 1 aliphatic rings. The predicted octanol–water partition coefficient (Wildman–Crippen LogP) is 4.15. The molecule has 0 spiro atoms. The molecule has 1 fully saturated rings. The highest BCUT2D eigenvalue weighted by Crippen LogP contribution is 2.36. The van der Waals surface area contributed by atoms with Gasteiger partial charge < -0.3 is 0 Å². The summed E-state index contributed by atoms with van der Waals surface area (Å²) < 4.78 is 1.25. The molecule has 80 valence electrons. The summed E-state index contributed by atoms with van der Waals surface area (Å²) in [5.41, 5.74) is 2.20. The minimum atomic E-state index is 0.618. The molecule has 1 aromatic carbocycles. The van der Waals surface area contributed by atoms with Crippen molar-refractivity contribution in [2.24, 2.45) is 0 Å². The topological polar surface area (TPSA) is 17.1 Å². The summed E-state index contributed by atoms with van der Waals surface area (Å²) in [6.45, 7) is 0. The molecule has 0 atom stereocenters. The summed E-state index contributed by atoms with van der Waals surface area (Å²) in [4.78, 5) is 11.0. The maximum absolute atomic E-state index is 11.0. The molecule has 0 saturated heterocycles. The Kier molecular flexibility index (Phi) is 3.78. The molecule has 0 bridgehead atoms. The number of hydrogen-bond donors (Lipinski definition) is 0. The number of benzene rings is 1. The van der Waals surface area contributed by atoms with Crippen molar-refractivity contribution >= 4 is 28.9 Å². The fourth-order valence-corrected chi connectivity index (χ4v) is 3.44. The van der Waals surface area contributed by atoms with Crippen molar-refractivity contribution in [2.45, 2.75) is 38.0 Å². The van der Waals surface area contributed by atoms with Gasteiger partial charge in [-0.15, -0.1) is 0 Å². The van der Waals surface area contributed by atoms with Crippen molar-refractivity contribution in [3.05, 3.63) is 32.9 Å². The van der Waals surface area contributed by atoms with Gasteiger partial charge in [-0.05, 0) is 53.0 Å².